The molecule has 6 nitrogen and oxygen atoms in total. The van der Waals surface area contributed by atoms with Crippen LogP contribution < -0.4 is 24.4 Å². The van der Waals surface area contributed by atoms with Gasteiger partial charge in [0, 0.05) is 17.7 Å². The molecule has 0 spiro atoms. The van der Waals surface area contributed by atoms with E-state index in [1.54, 1.807) is 18.2 Å². The van der Waals surface area contributed by atoms with Crippen LogP contribution in [-0.4, -0.2) is 19.5 Å². The Hall–Kier alpha value is -3.41. The first-order valence-corrected chi connectivity index (χ1v) is 8.92. The number of methoxy groups -OCH3 is 1. The Kier molecular flexibility index (Phi) is 3.46. The first-order valence-electron chi connectivity index (χ1n) is 8.92. The summed E-state index contributed by atoms with van der Waals surface area (Å²) < 4.78 is 28.5. The van der Waals surface area contributed by atoms with Crippen LogP contribution in [0.2, 0.25) is 0 Å². The number of ether oxygens (including phenoxy) is 4. The molecule has 0 saturated carbocycles. The predicted molar refractivity (Wildman–Crippen MR) is 104 cm³/mol. The zero-order valence-corrected chi connectivity index (χ0v) is 15.7. The van der Waals surface area contributed by atoms with Gasteiger partial charge >= 0.3 is 0 Å². The maximum atomic E-state index is 12.9. The third-order valence-corrected chi connectivity index (χ3v) is 4.87. The van der Waals surface area contributed by atoms with Gasteiger partial charge in [0.25, 0.3) is 0 Å². The van der Waals surface area contributed by atoms with Gasteiger partial charge in [0.1, 0.15) is 28.2 Å². The molecule has 0 fully saturated rings. The lowest BCUT2D eigenvalue weighted by Gasteiger charge is -2.28. The fraction of sp³-hybridized carbons (Fsp3) is 0.227. The van der Waals surface area contributed by atoms with E-state index in [4.69, 9.17) is 23.4 Å². The van der Waals surface area contributed by atoms with E-state index in [1.807, 2.05) is 32.1 Å². The Bertz CT molecular complexity index is 1200. The number of rotatable bonds is 2. The summed E-state index contributed by atoms with van der Waals surface area (Å²) in [6, 6.07) is 8.63. The highest BCUT2D eigenvalue weighted by Gasteiger charge is 2.27. The van der Waals surface area contributed by atoms with Gasteiger partial charge in [0.2, 0.25) is 6.79 Å². The fourth-order valence-corrected chi connectivity index (χ4v) is 3.49. The van der Waals surface area contributed by atoms with Crippen molar-refractivity contribution in [3.05, 3.63) is 52.2 Å². The molecular weight excluding hydrogens is 360 g/mol. The lowest BCUT2D eigenvalue weighted by Crippen LogP contribution is -2.27. The van der Waals surface area contributed by atoms with Gasteiger partial charge in [0.05, 0.1) is 12.7 Å². The van der Waals surface area contributed by atoms with E-state index in [0.29, 0.717) is 39.7 Å². The van der Waals surface area contributed by atoms with Gasteiger partial charge in [-0.05, 0) is 44.2 Å². The standard InChI is InChI=1S/C22H18O6/c1-22(2)7-6-13-17(28-22)10-19(24-3)20-14(23)9-16(27-21(13)20)12-4-5-15-18(8-12)26-11-25-15/h4-10H,11H2,1-3H3. The van der Waals surface area contributed by atoms with Gasteiger partial charge in [-0.2, -0.15) is 0 Å². The highest BCUT2D eigenvalue weighted by atomic mass is 16.7. The Morgan fingerprint density at radius 3 is 2.68 bits per heavy atom. The summed E-state index contributed by atoms with van der Waals surface area (Å²) in [5.74, 6) is 2.76. The van der Waals surface area contributed by atoms with E-state index in [2.05, 4.69) is 0 Å². The molecule has 3 aromatic rings. The monoisotopic (exact) mass is 378 g/mol. The molecule has 0 saturated heterocycles. The molecule has 2 aromatic carbocycles. The summed E-state index contributed by atoms with van der Waals surface area (Å²) in [5, 5.41) is 0.388. The van der Waals surface area contributed by atoms with Gasteiger partial charge in [-0.3, -0.25) is 4.79 Å². The minimum Gasteiger partial charge on any atom is -0.496 e. The largest absolute Gasteiger partial charge is 0.496 e. The number of fused-ring (bicyclic) bond motifs is 4. The summed E-state index contributed by atoms with van der Waals surface area (Å²) in [6.45, 7) is 4.10. The van der Waals surface area contributed by atoms with Gasteiger partial charge in [-0.1, -0.05) is 0 Å². The molecule has 3 heterocycles. The minimum atomic E-state index is -0.457. The second-order valence-electron chi connectivity index (χ2n) is 7.28. The summed E-state index contributed by atoms with van der Waals surface area (Å²) in [5.41, 5.74) is 1.23. The molecule has 2 aliphatic heterocycles. The number of benzene rings is 2. The Morgan fingerprint density at radius 2 is 1.86 bits per heavy atom. The molecule has 6 heteroatoms. The lowest BCUT2D eigenvalue weighted by atomic mass is 9.99. The third-order valence-electron chi connectivity index (χ3n) is 4.87. The van der Waals surface area contributed by atoms with E-state index in [-0.39, 0.29) is 12.2 Å². The van der Waals surface area contributed by atoms with E-state index >= 15 is 0 Å². The zero-order chi connectivity index (χ0) is 19.5. The fourth-order valence-electron chi connectivity index (χ4n) is 3.49. The van der Waals surface area contributed by atoms with Crippen LogP contribution in [0.5, 0.6) is 23.0 Å². The van der Waals surface area contributed by atoms with Gasteiger partial charge in [-0.25, -0.2) is 0 Å². The van der Waals surface area contributed by atoms with E-state index in [0.717, 1.165) is 11.1 Å². The third kappa shape index (κ3) is 2.52. The summed E-state index contributed by atoms with van der Waals surface area (Å²) >= 11 is 0. The molecule has 0 amide bonds. The second-order valence-corrected chi connectivity index (χ2v) is 7.28. The van der Waals surface area contributed by atoms with Crippen molar-refractivity contribution in [2.75, 3.05) is 13.9 Å². The molecule has 2 aliphatic rings. The van der Waals surface area contributed by atoms with Crippen molar-refractivity contribution in [1.29, 1.82) is 0 Å². The summed E-state index contributed by atoms with van der Waals surface area (Å²) in [7, 11) is 1.52. The molecule has 0 unspecified atom stereocenters. The highest BCUT2D eigenvalue weighted by Crippen LogP contribution is 2.42. The van der Waals surface area contributed by atoms with Crippen LogP contribution in [0.1, 0.15) is 19.4 Å². The van der Waals surface area contributed by atoms with E-state index in [9.17, 15) is 4.79 Å². The molecule has 1 aromatic heterocycles. The zero-order valence-electron chi connectivity index (χ0n) is 15.7. The van der Waals surface area contributed by atoms with Crippen molar-refractivity contribution in [2.24, 2.45) is 0 Å². The van der Waals surface area contributed by atoms with Gasteiger partial charge in [0.15, 0.2) is 22.5 Å². The van der Waals surface area contributed by atoms with Crippen LogP contribution in [0.3, 0.4) is 0 Å². The van der Waals surface area contributed by atoms with Crippen LogP contribution in [0.4, 0.5) is 0 Å². The van der Waals surface area contributed by atoms with Crippen LogP contribution in [-0.2, 0) is 0 Å². The Labute approximate surface area is 160 Å². The van der Waals surface area contributed by atoms with Gasteiger partial charge < -0.3 is 23.4 Å². The molecule has 0 aliphatic carbocycles. The Morgan fingerprint density at radius 1 is 1.04 bits per heavy atom. The van der Waals surface area contributed by atoms with Crippen LogP contribution in [0.25, 0.3) is 28.4 Å². The van der Waals surface area contributed by atoms with Crippen molar-refractivity contribution >= 4 is 17.0 Å². The molecule has 5 rings (SSSR count). The molecular formula is C22H18O6. The molecule has 28 heavy (non-hydrogen) atoms. The second kappa shape index (κ2) is 5.79. The van der Waals surface area contributed by atoms with Crippen LogP contribution in [0, 0.1) is 0 Å². The topological polar surface area (TPSA) is 67.1 Å². The highest BCUT2D eigenvalue weighted by molar-refractivity contribution is 5.94. The SMILES string of the molecule is COc1cc2c(c3oc(-c4ccc5c(c4)OCO5)cc(=O)c13)C=CC(C)(C)O2. The molecule has 0 bridgehead atoms. The van der Waals surface area contributed by atoms with Gasteiger partial charge in [-0.15, -0.1) is 0 Å². The predicted octanol–water partition coefficient (Wildman–Crippen LogP) is 4.38. The average molecular weight is 378 g/mol. The Balaban J connectivity index is 1.77. The lowest BCUT2D eigenvalue weighted by molar-refractivity contribution is 0.158. The molecule has 0 atom stereocenters. The first kappa shape index (κ1) is 16.7. The normalized spacial score (nSPS) is 16.0. The van der Waals surface area contributed by atoms with E-state index in [1.165, 1.54) is 13.2 Å². The van der Waals surface area contributed by atoms with Crippen molar-refractivity contribution in [3.63, 3.8) is 0 Å². The average Bonchev–Trinajstić information content (AvgIpc) is 3.13. The van der Waals surface area contributed by atoms with Crippen LogP contribution >= 0.6 is 0 Å². The summed E-state index contributed by atoms with van der Waals surface area (Å²) in [6.07, 6.45) is 3.86. The maximum Gasteiger partial charge on any atom is 0.231 e. The van der Waals surface area contributed by atoms with Crippen LogP contribution in [0.15, 0.2) is 45.6 Å². The smallest absolute Gasteiger partial charge is 0.231 e. The molecule has 0 N–H and O–H groups in total. The number of hydrogen-bond donors (Lipinski definition) is 0. The van der Waals surface area contributed by atoms with Crippen molar-refractivity contribution in [1.82, 2.24) is 0 Å². The summed E-state index contributed by atoms with van der Waals surface area (Å²) in [4.78, 5) is 12.9. The first-order chi connectivity index (χ1) is 13.4. The van der Waals surface area contributed by atoms with Crippen molar-refractivity contribution in [2.45, 2.75) is 19.4 Å². The van der Waals surface area contributed by atoms with E-state index < -0.39 is 5.60 Å². The molecule has 142 valence electrons. The van der Waals surface area contributed by atoms with Crippen molar-refractivity contribution in [3.8, 4) is 34.3 Å². The minimum absolute atomic E-state index is 0.184. The molecule has 0 radical (unpaired) electrons. The van der Waals surface area contributed by atoms with Crippen molar-refractivity contribution < 1.29 is 23.4 Å². The maximum absolute atomic E-state index is 12.9. The quantitative estimate of drug-likeness (QED) is 0.659. The number of hydrogen-bond acceptors (Lipinski definition) is 6.